The maximum absolute atomic E-state index is 12.6. The molecule has 2 heterocycles. The number of benzene rings is 1. The lowest BCUT2D eigenvalue weighted by molar-refractivity contribution is -0.135. The minimum absolute atomic E-state index is 0. The lowest BCUT2D eigenvalue weighted by atomic mass is 10.0. The van der Waals surface area contributed by atoms with Gasteiger partial charge in [-0.15, -0.1) is 24.8 Å². The molecule has 0 spiro atoms. The zero-order chi connectivity index (χ0) is 17.6. The van der Waals surface area contributed by atoms with Gasteiger partial charge in [-0.25, -0.2) is 0 Å². The lowest BCUT2D eigenvalue weighted by Crippen LogP contribution is -2.54. The number of methoxy groups -OCH3 is 2. The summed E-state index contributed by atoms with van der Waals surface area (Å²) in [6.45, 7) is 5.22. The Morgan fingerprint density at radius 3 is 2.19 bits per heavy atom. The Bertz CT molecular complexity index is 567. The molecule has 1 atom stereocenters. The van der Waals surface area contributed by atoms with E-state index in [1.807, 2.05) is 23.1 Å². The van der Waals surface area contributed by atoms with Crippen molar-refractivity contribution in [1.82, 2.24) is 15.1 Å². The maximum Gasteiger partial charge on any atom is 0.239 e. The molecule has 0 radical (unpaired) electrons. The highest BCUT2D eigenvalue weighted by molar-refractivity contribution is 5.85. The van der Waals surface area contributed by atoms with Gasteiger partial charge in [0, 0.05) is 38.8 Å². The highest BCUT2D eigenvalue weighted by atomic mass is 35.5. The third-order valence-corrected chi connectivity index (χ3v) is 5.11. The number of amides is 1. The molecule has 1 aromatic carbocycles. The van der Waals surface area contributed by atoms with Crippen LogP contribution in [0.3, 0.4) is 0 Å². The van der Waals surface area contributed by atoms with E-state index < -0.39 is 0 Å². The predicted molar refractivity (Wildman–Crippen MR) is 112 cm³/mol. The average molecular weight is 420 g/mol. The minimum Gasteiger partial charge on any atom is -0.497 e. The van der Waals surface area contributed by atoms with E-state index in [1.54, 1.807) is 14.2 Å². The second-order valence-electron chi connectivity index (χ2n) is 6.82. The van der Waals surface area contributed by atoms with Crippen molar-refractivity contribution >= 4 is 30.7 Å². The molecule has 1 aromatic rings. The molecule has 1 amide bonds. The van der Waals surface area contributed by atoms with E-state index in [9.17, 15) is 4.79 Å². The zero-order valence-corrected chi connectivity index (χ0v) is 17.7. The average Bonchev–Trinajstić information content (AvgIpc) is 2.68. The number of piperazine rings is 1. The Balaban J connectivity index is 0.00000182. The second kappa shape index (κ2) is 11.6. The molecule has 0 unspecified atom stereocenters. The molecular weight excluding hydrogens is 389 g/mol. The Morgan fingerprint density at radius 2 is 1.67 bits per heavy atom. The van der Waals surface area contributed by atoms with E-state index in [-0.39, 0.29) is 36.8 Å². The third-order valence-electron chi connectivity index (χ3n) is 5.11. The quantitative estimate of drug-likeness (QED) is 0.793. The molecule has 0 aromatic heterocycles. The number of rotatable bonds is 5. The first-order valence-corrected chi connectivity index (χ1v) is 9.16. The van der Waals surface area contributed by atoms with Crippen molar-refractivity contribution in [1.29, 1.82) is 0 Å². The zero-order valence-electron chi connectivity index (χ0n) is 16.1. The Hall–Kier alpha value is -1.21. The summed E-state index contributed by atoms with van der Waals surface area (Å²) in [4.78, 5) is 17.0. The summed E-state index contributed by atoms with van der Waals surface area (Å²) in [5.74, 6) is 1.90. The largest absolute Gasteiger partial charge is 0.497 e. The fourth-order valence-electron chi connectivity index (χ4n) is 3.63. The summed E-state index contributed by atoms with van der Waals surface area (Å²) in [6.07, 6.45) is 3.31. The van der Waals surface area contributed by atoms with Crippen molar-refractivity contribution in [3.8, 4) is 11.5 Å². The van der Waals surface area contributed by atoms with Gasteiger partial charge in [0.15, 0.2) is 0 Å². The first-order chi connectivity index (χ1) is 12.2. The SMILES string of the molecule is COc1cc(CN2CCN(C(=O)[C@H]3CCCCN3)CC2)cc(OC)c1.Cl.Cl. The van der Waals surface area contributed by atoms with Crippen molar-refractivity contribution in [3.63, 3.8) is 0 Å². The number of hydrogen-bond acceptors (Lipinski definition) is 5. The number of ether oxygens (including phenoxy) is 2. The summed E-state index contributed by atoms with van der Waals surface area (Å²) in [7, 11) is 3.34. The van der Waals surface area contributed by atoms with Crippen LogP contribution < -0.4 is 14.8 Å². The van der Waals surface area contributed by atoms with Crippen LogP contribution in [0.2, 0.25) is 0 Å². The van der Waals surface area contributed by atoms with Gasteiger partial charge in [-0.3, -0.25) is 9.69 Å². The van der Waals surface area contributed by atoms with E-state index in [0.29, 0.717) is 0 Å². The molecule has 2 fully saturated rings. The van der Waals surface area contributed by atoms with Gasteiger partial charge >= 0.3 is 0 Å². The van der Waals surface area contributed by atoms with Crippen LogP contribution in [0.25, 0.3) is 0 Å². The molecule has 2 aliphatic heterocycles. The van der Waals surface area contributed by atoms with Crippen LogP contribution in [0.1, 0.15) is 24.8 Å². The molecule has 8 heteroatoms. The van der Waals surface area contributed by atoms with Crippen molar-refractivity contribution in [2.75, 3.05) is 46.9 Å². The highest BCUT2D eigenvalue weighted by Crippen LogP contribution is 2.24. The van der Waals surface area contributed by atoms with Crippen LogP contribution in [0.4, 0.5) is 0 Å². The number of hydrogen-bond donors (Lipinski definition) is 1. The predicted octanol–water partition coefficient (Wildman–Crippen LogP) is 2.33. The standard InChI is InChI=1S/C19H29N3O3.2ClH/c1-24-16-11-15(12-17(13-16)25-2)14-21-7-9-22(10-8-21)19(23)18-5-3-4-6-20-18;;/h11-13,18,20H,3-10,14H2,1-2H3;2*1H/t18-;;/m1../s1. The monoisotopic (exact) mass is 419 g/mol. The van der Waals surface area contributed by atoms with Crippen LogP contribution in [0, 0.1) is 0 Å². The first-order valence-electron chi connectivity index (χ1n) is 9.16. The van der Waals surface area contributed by atoms with Crippen LogP contribution in [-0.4, -0.2) is 68.7 Å². The van der Waals surface area contributed by atoms with Gasteiger partial charge < -0.3 is 19.7 Å². The van der Waals surface area contributed by atoms with Gasteiger partial charge in [0.2, 0.25) is 5.91 Å². The molecule has 0 bridgehead atoms. The number of piperidine rings is 1. The Kier molecular flexibility index (Phi) is 10.2. The molecule has 0 aliphatic carbocycles. The van der Waals surface area contributed by atoms with Crippen molar-refractivity contribution in [2.45, 2.75) is 31.8 Å². The van der Waals surface area contributed by atoms with Crippen molar-refractivity contribution in [2.24, 2.45) is 0 Å². The molecule has 27 heavy (non-hydrogen) atoms. The smallest absolute Gasteiger partial charge is 0.239 e. The molecule has 154 valence electrons. The summed E-state index contributed by atoms with van der Waals surface area (Å²) < 4.78 is 10.7. The van der Waals surface area contributed by atoms with Gasteiger partial charge in [-0.2, -0.15) is 0 Å². The van der Waals surface area contributed by atoms with E-state index in [1.165, 1.54) is 12.0 Å². The highest BCUT2D eigenvalue weighted by Gasteiger charge is 2.28. The van der Waals surface area contributed by atoms with Crippen LogP contribution in [0.15, 0.2) is 18.2 Å². The number of halogens is 2. The summed E-state index contributed by atoms with van der Waals surface area (Å²) in [6, 6.07) is 6.01. The summed E-state index contributed by atoms with van der Waals surface area (Å²) >= 11 is 0. The van der Waals surface area contributed by atoms with Crippen molar-refractivity contribution in [3.05, 3.63) is 23.8 Å². The van der Waals surface area contributed by atoms with Gasteiger partial charge in [0.1, 0.15) is 11.5 Å². The fraction of sp³-hybridized carbons (Fsp3) is 0.632. The van der Waals surface area contributed by atoms with Gasteiger partial charge in [-0.05, 0) is 37.1 Å². The molecule has 2 saturated heterocycles. The van der Waals surface area contributed by atoms with Gasteiger partial charge in [0.05, 0.1) is 20.3 Å². The molecule has 1 N–H and O–H groups in total. The molecule has 3 rings (SSSR count). The lowest BCUT2D eigenvalue weighted by Gasteiger charge is -2.37. The van der Waals surface area contributed by atoms with E-state index >= 15 is 0 Å². The number of nitrogens with one attached hydrogen (secondary N) is 1. The molecule has 2 aliphatic rings. The Labute approximate surface area is 174 Å². The van der Waals surface area contributed by atoms with Crippen LogP contribution >= 0.6 is 24.8 Å². The fourth-order valence-corrected chi connectivity index (χ4v) is 3.63. The minimum atomic E-state index is 0. The van der Waals surface area contributed by atoms with E-state index in [2.05, 4.69) is 10.2 Å². The third kappa shape index (κ3) is 6.42. The first kappa shape index (κ1) is 23.8. The topological polar surface area (TPSA) is 54.0 Å². The van der Waals surface area contributed by atoms with Crippen molar-refractivity contribution < 1.29 is 14.3 Å². The number of nitrogens with zero attached hydrogens (tertiary/aromatic N) is 2. The van der Waals surface area contributed by atoms with Crippen LogP contribution in [0.5, 0.6) is 11.5 Å². The molecule has 0 saturated carbocycles. The van der Waals surface area contributed by atoms with E-state index in [4.69, 9.17) is 9.47 Å². The number of carbonyl (C=O) groups excluding carboxylic acids is 1. The normalized spacial score (nSPS) is 20.2. The van der Waals surface area contributed by atoms with Gasteiger partial charge in [-0.1, -0.05) is 6.42 Å². The van der Waals surface area contributed by atoms with Crippen LogP contribution in [-0.2, 0) is 11.3 Å². The molecule has 6 nitrogen and oxygen atoms in total. The Morgan fingerprint density at radius 1 is 1.04 bits per heavy atom. The number of carbonyl (C=O) groups is 1. The van der Waals surface area contributed by atoms with E-state index in [0.717, 1.165) is 63.6 Å². The maximum atomic E-state index is 12.6. The van der Waals surface area contributed by atoms with Gasteiger partial charge in [0.25, 0.3) is 0 Å². The molecular formula is C19H31Cl2N3O3. The summed E-state index contributed by atoms with van der Waals surface area (Å²) in [5, 5.41) is 3.36. The summed E-state index contributed by atoms with van der Waals surface area (Å²) in [5.41, 5.74) is 1.17. The second-order valence-corrected chi connectivity index (χ2v) is 6.82.